The topological polar surface area (TPSA) is 124 Å². The van der Waals surface area contributed by atoms with Gasteiger partial charge in [0, 0.05) is 30.3 Å². The second kappa shape index (κ2) is 8.31. The largest absolute Gasteiger partial charge is 0.519 e. The van der Waals surface area contributed by atoms with Gasteiger partial charge in [-0.3, -0.25) is 4.79 Å². The zero-order chi connectivity index (χ0) is 21.3. The highest BCUT2D eigenvalue weighted by Gasteiger charge is 2.25. The summed E-state index contributed by atoms with van der Waals surface area (Å²) in [5, 5.41) is 9.73. The Morgan fingerprint density at radius 2 is 2.03 bits per heavy atom. The molecule has 0 saturated heterocycles. The van der Waals surface area contributed by atoms with Crippen molar-refractivity contribution in [3.63, 3.8) is 0 Å². The number of rotatable bonds is 8. The smallest absolute Gasteiger partial charge is 0.481 e. The van der Waals surface area contributed by atoms with Crippen molar-refractivity contribution in [3.05, 3.63) is 69.7 Å². The van der Waals surface area contributed by atoms with Crippen molar-refractivity contribution in [1.29, 1.82) is 0 Å². The predicted octanol–water partition coefficient (Wildman–Crippen LogP) is 2.42. The molecule has 1 aromatic carbocycles. The highest BCUT2D eigenvalue weighted by Crippen LogP contribution is 2.28. The van der Waals surface area contributed by atoms with E-state index in [2.05, 4.69) is 21.7 Å². The maximum absolute atomic E-state index is 11.9. The summed E-state index contributed by atoms with van der Waals surface area (Å²) in [6.07, 6.45) is 5.17. The van der Waals surface area contributed by atoms with Crippen LogP contribution < -0.4 is 11.6 Å². The molecular formula is C22H25N3O5. The molecule has 0 amide bonds. The number of aromatic nitrogens is 2. The lowest BCUT2D eigenvalue weighted by Crippen LogP contribution is -2.26. The first-order valence-corrected chi connectivity index (χ1v) is 10.1. The second-order valence-corrected chi connectivity index (χ2v) is 7.85. The summed E-state index contributed by atoms with van der Waals surface area (Å²) in [4.78, 5) is 27.6. The Morgan fingerprint density at radius 3 is 2.77 bits per heavy atom. The summed E-state index contributed by atoms with van der Waals surface area (Å²) in [7, 11) is 0. The summed E-state index contributed by atoms with van der Waals surface area (Å²) in [5.74, 6) is -1.35. The van der Waals surface area contributed by atoms with Gasteiger partial charge < -0.3 is 24.2 Å². The van der Waals surface area contributed by atoms with Crippen molar-refractivity contribution in [2.24, 2.45) is 11.7 Å². The molecule has 8 nitrogen and oxygen atoms in total. The zero-order valence-electron chi connectivity index (χ0n) is 16.8. The molecule has 0 saturated carbocycles. The normalized spacial score (nSPS) is 14.7. The zero-order valence-corrected chi connectivity index (χ0v) is 16.8. The fourth-order valence-electron chi connectivity index (χ4n) is 4.13. The van der Waals surface area contributed by atoms with E-state index in [4.69, 9.17) is 14.6 Å². The fraction of sp³-hybridized carbons (Fsp3) is 0.409. The van der Waals surface area contributed by atoms with Crippen LogP contribution in [0.5, 0.6) is 0 Å². The van der Waals surface area contributed by atoms with Crippen LogP contribution in [-0.4, -0.2) is 26.7 Å². The number of aliphatic carboxylic acids is 1. The van der Waals surface area contributed by atoms with Gasteiger partial charge in [-0.05, 0) is 44.2 Å². The van der Waals surface area contributed by atoms with Gasteiger partial charge >= 0.3 is 11.8 Å². The van der Waals surface area contributed by atoms with E-state index in [0.717, 1.165) is 29.9 Å². The van der Waals surface area contributed by atoms with Crippen molar-refractivity contribution in [1.82, 2.24) is 9.55 Å². The number of carbonyl (C=O) groups is 1. The Bertz CT molecular complexity index is 1110. The highest BCUT2D eigenvalue weighted by atomic mass is 16.6. The van der Waals surface area contributed by atoms with Crippen LogP contribution in [0.3, 0.4) is 0 Å². The van der Waals surface area contributed by atoms with E-state index in [0.29, 0.717) is 37.2 Å². The quantitative estimate of drug-likeness (QED) is 0.583. The lowest BCUT2D eigenvalue weighted by atomic mass is 9.92. The van der Waals surface area contributed by atoms with E-state index in [-0.39, 0.29) is 6.04 Å². The first kappa shape index (κ1) is 20.2. The van der Waals surface area contributed by atoms with Gasteiger partial charge in [0.1, 0.15) is 5.76 Å². The van der Waals surface area contributed by atoms with E-state index in [9.17, 15) is 14.7 Å². The number of carboxylic acids is 1. The van der Waals surface area contributed by atoms with Gasteiger partial charge in [0.25, 0.3) is 0 Å². The number of hydrogen-bond donors (Lipinski definition) is 2. The molecule has 158 valence electrons. The van der Waals surface area contributed by atoms with Gasteiger partial charge in [0.2, 0.25) is 0 Å². The monoisotopic (exact) mass is 411 g/mol. The number of para-hydroxylation sites is 1. The molecule has 3 N–H and O–H groups in total. The average Bonchev–Trinajstić information content (AvgIpc) is 3.27. The van der Waals surface area contributed by atoms with Crippen LogP contribution in [0, 0.1) is 12.8 Å². The van der Waals surface area contributed by atoms with Crippen LogP contribution in [0.25, 0.3) is 5.69 Å². The molecule has 1 aliphatic heterocycles. The molecule has 0 aliphatic carbocycles. The number of hydrogen-bond acceptors (Lipinski definition) is 6. The Kier molecular flexibility index (Phi) is 5.59. The average molecular weight is 411 g/mol. The van der Waals surface area contributed by atoms with Crippen LogP contribution >= 0.6 is 0 Å². The lowest BCUT2D eigenvalue weighted by Gasteiger charge is -2.20. The standard InChI is InChI=1S/C22H25N3O5/c1-13-20(30-22(28)29-13)11-16(23)8-6-15(21(26)27)10-17-19-9-7-14-4-2-3-5-18(14)25(19)12-24-17/h2-5,12,15-16H,6-11,23H2,1H3,(H,26,27)/t15-,16?/m0/s1. The third-order valence-corrected chi connectivity index (χ3v) is 5.79. The molecule has 4 rings (SSSR count). The van der Waals surface area contributed by atoms with E-state index >= 15 is 0 Å². The first-order chi connectivity index (χ1) is 14.4. The van der Waals surface area contributed by atoms with Crippen LogP contribution in [0.15, 0.2) is 44.2 Å². The minimum Gasteiger partial charge on any atom is -0.481 e. The molecular weight excluding hydrogens is 386 g/mol. The molecule has 30 heavy (non-hydrogen) atoms. The maximum Gasteiger partial charge on any atom is 0.519 e. The molecule has 2 aromatic heterocycles. The van der Waals surface area contributed by atoms with Gasteiger partial charge in [-0.15, -0.1) is 0 Å². The number of benzene rings is 1. The number of aryl methyl sites for hydroxylation is 2. The molecule has 0 fully saturated rings. The molecule has 1 unspecified atom stereocenters. The maximum atomic E-state index is 11.9. The third kappa shape index (κ3) is 4.09. The summed E-state index contributed by atoms with van der Waals surface area (Å²) in [6.45, 7) is 1.65. The van der Waals surface area contributed by atoms with Gasteiger partial charge in [0.05, 0.1) is 17.9 Å². The van der Waals surface area contributed by atoms with Crippen molar-refractivity contribution in [2.45, 2.75) is 51.5 Å². The molecule has 2 atom stereocenters. The summed E-state index contributed by atoms with van der Waals surface area (Å²) < 4.78 is 11.9. The Morgan fingerprint density at radius 1 is 1.23 bits per heavy atom. The summed E-state index contributed by atoms with van der Waals surface area (Å²) in [6, 6.07) is 7.88. The van der Waals surface area contributed by atoms with Crippen molar-refractivity contribution >= 4 is 5.97 Å². The highest BCUT2D eigenvalue weighted by molar-refractivity contribution is 5.70. The number of carboxylic acid groups (broad SMARTS) is 1. The van der Waals surface area contributed by atoms with Gasteiger partial charge in [0.15, 0.2) is 5.76 Å². The molecule has 3 heterocycles. The molecule has 3 aromatic rings. The number of nitrogens with zero attached hydrogens (tertiary/aromatic N) is 2. The summed E-state index contributed by atoms with van der Waals surface area (Å²) >= 11 is 0. The van der Waals surface area contributed by atoms with E-state index in [1.165, 1.54) is 5.56 Å². The minimum atomic E-state index is -0.855. The number of imidazole rings is 1. The molecule has 0 radical (unpaired) electrons. The molecule has 8 heteroatoms. The van der Waals surface area contributed by atoms with Crippen LogP contribution in [0.1, 0.15) is 41.3 Å². The number of fused-ring (bicyclic) bond motifs is 3. The van der Waals surface area contributed by atoms with Crippen molar-refractivity contribution < 1.29 is 18.7 Å². The number of nitrogens with two attached hydrogens (primary N) is 1. The molecule has 0 spiro atoms. The van der Waals surface area contributed by atoms with Crippen LogP contribution in [0.2, 0.25) is 0 Å². The lowest BCUT2D eigenvalue weighted by molar-refractivity contribution is -0.142. The Labute approximate surface area is 173 Å². The Balaban J connectivity index is 1.43. The van der Waals surface area contributed by atoms with E-state index in [1.807, 2.05) is 12.1 Å². The second-order valence-electron chi connectivity index (χ2n) is 7.85. The van der Waals surface area contributed by atoms with E-state index < -0.39 is 17.7 Å². The molecule has 1 aliphatic rings. The molecule has 0 bridgehead atoms. The minimum absolute atomic E-state index is 0.325. The fourth-order valence-corrected chi connectivity index (χ4v) is 4.13. The van der Waals surface area contributed by atoms with Gasteiger partial charge in [-0.1, -0.05) is 18.2 Å². The van der Waals surface area contributed by atoms with Crippen molar-refractivity contribution in [3.8, 4) is 5.69 Å². The van der Waals surface area contributed by atoms with Crippen LogP contribution in [0.4, 0.5) is 0 Å². The Hall–Kier alpha value is -3.13. The van der Waals surface area contributed by atoms with Crippen LogP contribution in [-0.2, 0) is 30.5 Å². The van der Waals surface area contributed by atoms with E-state index in [1.54, 1.807) is 13.3 Å². The van der Waals surface area contributed by atoms with Crippen molar-refractivity contribution in [2.75, 3.05) is 0 Å². The first-order valence-electron chi connectivity index (χ1n) is 10.1. The summed E-state index contributed by atoms with van der Waals surface area (Å²) in [5.41, 5.74) is 10.5. The van der Waals surface area contributed by atoms with Gasteiger partial charge in [-0.2, -0.15) is 0 Å². The third-order valence-electron chi connectivity index (χ3n) is 5.79. The van der Waals surface area contributed by atoms with Gasteiger partial charge in [-0.25, -0.2) is 9.78 Å². The predicted molar refractivity (Wildman–Crippen MR) is 109 cm³/mol. The SMILES string of the molecule is Cc1oc(=O)oc1CC(N)CC[C@@H](Cc1ncn2c1CCc1ccccc1-2)C(=O)O.